The van der Waals surface area contributed by atoms with Crippen LogP contribution in [0, 0.1) is 11.8 Å². The number of hydrogen-bond acceptors (Lipinski definition) is 7. The number of rotatable bonds is 7. The second-order valence-electron chi connectivity index (χ2n) is 6.76. The van der Waals surface area contributed by atoms with Gasteiger partial charge in [0, 0.05) is 5.92 Å². The number of phenols is 2. The highest BCUT2D eigenvalue weighted by molar-refractivity contribution is 5.75. The first kappa shape index (κ1) is 19.7. The lowest BCUT2D eigenvalue weighted by Gasteiger charge is -2.17. The number of carbonyl (C=O) groups excluding carboxylic acids is 1. The topological polar surface area (TPSA) is 94.5 Å². The van der Waals surface area contributed by atoms with Crippen LogP contribution in [0.15, 0.2) is 30.3 Å². The average molecular weight is 388 g/mol. The highest BCUT2D eigenvalue weighted by Crippen LogP contribution is 2.39. The van der Waals surface area contributed by atoms with Gasteiger partial charge < -0.3 is 29.2 Å². The van der Waals surface area contributed by atoms with E-state index in [0.717, 1.165) is 11.1 Å². The SMILES string of the molecule is COc1cc(C[C@@H]2COC(=O)[C@H]2Cc2cc(OC)c(O)c(OC)c2)ccc1O. The number of cyclic esters (lactones) is 1. The monoisotopic (exact) mass is 388 g/mol. The Bertz CT molecular complexity index is 837. The first-order valence-electron chi connectivity index (χ1n) is 8.93. The van der Waals surface area contributed by atoms with Crippen LogP contribution in [0.4, 0.5) is 0 Å². The van der Waals surface area contributed by atoms with Crippen molar-refractivity contribution in [2.45, 2.75) is 12.8 Å². The van der Waals surface area contributed by atoms with Crippen molar-refractivity contribution in [1.82, 2.24) is 0 Å². The molecule has 0 aromatic heterocycles. The third kappa shape index (κ3) is 3.93. The molecule has 2 N–H and O–H groups in total. The maximum absolute atomic E-state index is 12.3. The highest BCUT2D eigenvalue weighted by Gasteiger charge is 2.37. The van der Waals surface area contributed by atoms with Crippen molar-refractivity contribution in [3.8, 4) is 28.7 Å². The van der Waals surface area contributed by atoms with Gasteiger partial charge in [-0.25, -0.2) is 0 Å². The van der Waals surface area contributed by atoms with Crippen LogP contribution in [0.2, 0.25) is 0 Å². The molecule has 2 aromatic rings. The average Bonchev–Trinajstić information content (AvgIpc) is 3.03. The molecule has 0 radical (unpaired) electrons. The van der Waals surface area contributed by atoms with Crippen LogP contribution in [-0.2, 0) is 22.4 Å². The maximum atomic E-state index is 12.3. The fourth-order valence-corrected chi connectivity index (χ4v) is 3.53. The van der Waals surface area contributed by atoms with Crippen molar-refractivity contribution in [1.29, 1.82) is 0 Å². The number of phenolic OH excluding ortho intramolecular Hbond substituents is 2. The van der Waals surface area contributed by atoms with Crippen LogP contribution in [0.25, 0.3) is 0 Å². The second-order valence-corrected chi connectivity index (χ2v) is 6.76. The molecule has 150 valence electrons. The number of benzene rings is 2. The fourth-order valence-electron chi connectivity index (χ4n) is 3.53. The van der Waals surface area contributed by atoms with Gasteiger partial charge in [-0.15, -0.1) is 0 Å². The molecule has 2 atom stereocenters. The number of aromatic hydroxyl groups is 2. The third-order valence-electron chi connectivity index (χ3n) is 5.05. The maximum Gasteiger partial charge on any atom is 0.309 e. The summed E-state index contributed by atoms with van der Waals surface area (Å²) >= 11 is 0. The lowest BCUT2D eigenvalue weighted by Crippen LogP contribution is -2.20. The van der Waals surface area contributed by atoms with Crippen LogP contribution in [0.5, 0.6) is 28.7 Å². The van der Waals surface area contributed by atoms with Crippen LogP contribution in [0.3, 0.4) is 0 Å². The molecule has 1 saturated heterocycles. The summed E-state index contributed by atoms with van der Waals surface area (Å²) in [5, 5.41) is 19.8. The van der Waals surface area contributed by atoms with E-state index in [1.54, 1.807) is 24.3 Å². The molecule has 1 heterocycles. The Hall–Kier alpha value is -3.09. The van der Waals surface area contributed by atoms with E-state index in [2.05, 4.69) is 0 Å². The smallest absolute Gasteiger partial charge is 0.309 e. The van der Waals surface area contributed by atoms with Crippen molar-refractivity contribution in [2.24, 2.45) is 11.8 Å². The molecule has 0 spiro atoms. The van der Waals surface area contributed by atoms with Gasteiger partial charge in [-0.2, -0.15) is 0 Å². The Morgan fingerprint density at radius 3 is 2.14 bits per heavy atom. The quantitative estimate of drug-likeness (QED) is 0.704. The summed E-state index contributed by atoms with van der Waals surface area (Å²) in [5.41, 5.74) is 1.76. The van der Waals surface area contributed by atoms with E-state index < -0.39 is 0 Å². The van der Waals surface area contributed by atoms with Crippen LogP contribution in [0.1, 0.15) is 11.1 Å². The van der Waals surface area contributed by atoms with Gasteiger partial charge in [-0.05, 0) is 48.2 Å². The minimum atomic E-state index is -0.334. The van der Waals surface area contributed by atoms with E-state index in [1.807, 2.05) is 6.07 Å². The molecular formula is C21H24O7. The Morgan fingerprint density at radius 2 is 1.54 bits per heavy atom. The van der Waals surface area contributed by atoms with Gasteiger partial charge in [0.05, 0.1) is 33.9 Å². The zero-order chi connectivity index (χ0) is 20.3. The van der Waals surface area contributed by atoms with Crippen molar-refractivity contribution in [3.05, 3.63) is 41.5 Å². The van der Waals surface area contributed by atoms with Gasteiger partial charge in [0.1, 0.15) is 0 Å². The van der Waals surface area contributed by atoms with E-state index in [-0.39, 0.29) is 29.3 Å². The van der Waals surface area contributed by atoms with Gasteiger partial charge in [0.25, 0.3) is 0 Å². The van der Waals surface area contributed by atoms with Gasteiger partial charge in [-0.3, -0.25) is 4.79 Å². The summed E-state index contributed by atoms with van der Waals surface area (Å²) in [6.07, 6.45) is 1.05. The summed E-state index contributed by atoms with van der Waals surface area (Å²) in [4.78, 5) is 12.3. The fraction of sp³-hybridized carbons (Fsp3) is 0.381. The Labute approximate surface area is 163 Å². The van der Waals surface area contributed by atoms with Crippen molar-refractivity contribution >= 4 is 5.97 Å². The highest BCUT2D eigenvalue weighted by atomic mass is 16.5. The molecular weight excluding hydrogens is 364 g/mol. The molecule has 0 unspecified atom stereocenters. The lowest BCUT2D eigenvalue weighted by atomic mass is 9.85. The predicted molar refractivity (Wildman–Crippen MR) is 101 cm³/mol. The molecule has 28 heavy (non-hydrogen) atoms. The molecule has 2 aromatic carbocycles. The number of methoxy groups -OCH3 is 3. The minimum absolute atomic E-state index is 0.0208. The Morgan fingerprint density at radius 1 is 0.929 bits per heavy atom. The molecule has 0 saturated carbocycles. The van der Waals surface area contributed by atoms with Crippen LogP contribution < -0.4 is 14.2 Å². The largest absolute Gasteiger partial charge is 0.504 e. The van der Waals surface area contributed by atoms with E-state index in [1.165, 1.54) is 21.3 Å². The molecule has 1 aliphatic rings. The number of ether oxygens (including phenoxy) is 4. The molecule has 0 amide bonds. The summed E-state index contributed by atoms with van der Waals surface area (Å²) in [5.74, 6) is 0.377. The zero-order valence-electron chi connectivity index (χ0n) is 16.1. The third-order valence-corrected chi connectivity index (χ3v) is 5.05. The van der Waals surface area contributed by atoms with Gasteiger partial charge in [-0.1, -0.05) is 6.07 Å². The van der Waals surface area contributed by atoms with Gasteiger partial charge >= 0.3 is 5.97 Å². The molecule has 0 aliphatic carbocycles. The standard InChI is InChI=1S/C21H24O7/c1-25-17-8-12(4-5-16(17)22)6-14-11-28-21(24)15(14)7-13-9-18(26-2)20(23)19(10-13)27-3/h4-5,8-10,14-15,22-23H,6-7,11H2,1-3H3/t14-,15+/m1/s1. The van der Waals surface area contributed by atoms with Gasteiger partial charge in [0.2, 0.25) is 5.75 Å². The van der Waals surface area contributed by atoms with Crippen LogP contribution >= 0.6 is 0 Å². The Balaban J connectivity index is 1.81. The zero-order valence-corrected chi connectivity index (χ0v) is 16.1. The molecule has 7 nitrogen and oxygen atoms in total. The van der Waals surface area contributed by atoms with Gasteiger partial charge in [0.15, 0.2) is 23.0 Å². The molecule has 0 bridgehead atoms. The minimum Gasteiger partial charge on any atom is -0.504 e. The first-order valence-corrected chi connectivity index (χ1v) is 8.93. The summed E-state index contributed by atoms with van der Waals surface area (Å²) in [6, 6.07) is 8.55. The summed E-state index contributed by atoms with van der Waals surface area (Å²) in [6.45, 7) is 0.332. The predicted octanol–water partition coefficient (Wildman–Crippen LogP) is 2.70. The second kappa shape index (κ2) is 8.29. The van der Waals surface area contributed by atoms with E-state index >= 15 is 0 Å². The van der Waals surface area contributed by atoms with Crippen molar-refractivity contribution in [3.63, 3.8) is 0 Å². The van der Waals surface area contributed by atoms with E-state index in [9.17, 15) is 15.0 Å². The van der Waals surface area contributed by atoms with E-state index in [4.69, 9.17) is 18.9 Å². The van der Waals surface area contributed by atoms with E-state index in [0.29, 0.717) is 36.7 Å². The summed E-state index contributed by atoms with van der Waals surface area (Å²) in [7, 11) is 4.42. The number of carbonyl (C=O) groups is 1. The normalized spacial score (nSPS) is 18.6. The summed E-state index contributed by atoms with van der Waals surface area (Å²) < 4.78 is 20.9. The molecule has 1 aliphatic heterocycles. The molecule has 3 rings (SSSR count). The molecule has 7 heteroatoms. The lowest BCUT2D eigenvalue weighted by molar-refractivity contribution is -0.141. The number of hydrogen-bond donors (Lipinski definition) is 2. The first-order chi connectivity index (χ1) is 13.5. The van der Waals surface area contributed by atoms with Crippen molar-refractivity contribution < 1.29 is 34.0 Å². The number of esters is 1. The van der Waals surface area contributed by atoms with Crippen molar-refractivity contribution in [2.75, 3.05) is 27.9 Å². The molecule has 1 fully saturated rings. The Kier molecular flexibility index (Phi) is 5.82. The van der Waals surface area contributed by atoms with Crippen LogP contribution in [-0.4, -0.2) is 44.1 Å².